The SMILES string of the molecule is NC(=O)CC[C@H](NN[C@@H](CC[C]=O)C(=O)O)C(=O)O. The number of aliphatic carboxylic acids is 2. The Kier molecular flexibility index (Phi) is 8.05. The molecular weight excluding hydrogens is 258 g/mol. The first-order valence-corrected chi connectivity index (χ1v) is 5.48. The highest BCUT2D eigenvalue weighted by Crippen LogP contribution is 1.99. The molecule has 107 valence electrons. The van der Waals surface area contributed by atoms with E-state index in [2.05, 4.69) is 10.9 Å². The largest absolute Gasteiger partial charge is 0.480 e. The van der Waals surface area contributed by atoms with E-state index in [9.17, 15) is 19.2 Å². The Morgan fingerprint density at radius 2 is 1.53 bits per heavy atom. The van der Waals surface area contributed by atoms with Gasteiger partial charge in [-0.25, -0.2) is 10.9 Å². The number of primary amides is 1. The van der Waals surface area contributed by atoms with E-state index in [1.54, 1.807) is 6.29 Å². The van der Waals surface area contributed by atoms with E-state index in [-0.39, 0.29) is 25.7 Å². The summed E-state index contributed by atoms with van der Waals surface area (Å²) >= 11 is 0. The van der Waals surface area contributed by atoms with Crippen LogP contribution in [-0.4, -0.2) is 46.4 Å². The first-order valence-electron chi connectivity index (χ1n) is 5.48. The Morgan fingerprint density at radius 3 is 1.89 bits per heavy atom. The van der Waals surface area contributed by atoms with E-state index in [0.717, 1.165) is 0 Å². The van der Waals surface area contributed by atoms with Crippen LogP contribution >= 0.6 is 0 Å². The van der Waals surface area contributed by atoms with Crippen molar-refractivity contribution in [2.24, 2.45) is 5.73 Å². The molecule has 0 aliphatic rings. The van der Waals surface area contributed by atoms with Gasteiger partial charge in [0.1, 0.15) is 12.1 Å². The molecule has 0 saturated heterocycles. The molecular formula is C10H16N3O6. The summed E-state index contributed by atoms with van der Waals surface area (Å²) in [6.07, 6.45) is 1.19. The second-order valence-corrected chi connectivity index (χ2v) is 3.76. The molecule has 0 aliphatic carbocycles. The summed E-state index contributed by atoms with van der Waals surface area (Å²) in [5, 5.41) is 17.7. The van der Waals surface area contributed by atoms with Gasteiger partial charge in [0.25, 0.3) is 0 Å². The fourth-order valence-corrected chi connectivity index (χ4v) is 1.21. The number of amides is 1. The fraction of sp³-hybridized carbons (Fsp3) is 0.600. The maximum absolute atomic E-state index is 10.8. The van der Waals surface area contributed by atoms with Crippen LogP contribution in [0.25, 0.3) is 0 Å². The van der Waals surface area contributed by atoms with Crippen molar-refractivity contribution in [1.29, 1.82) is 0 Å². The molecule has 0 fully saturated rings. The number of nitrogens with two attached hydrogens (primary N) is 1. The summed E-state index contributed by atoms with van der Waals surface area (Å²) in [6.45, 7) is 0. The minimum Gasteiger partial charge on any atom is -0.480 e. The van der Waals surface area contributed by atoms with Gasteiger partial charge in [0, 0.05) is 12.8 Å². The van der Waals surface area contributed by atoms with Gasteiger partial charge in [-0.15, -0.1) is 0 Å². The number of carboxylic acid groups (broad SMARTS) is 2. The molecule has 0 aromatic carbocycles. The second kappa shape index (κ2) is 9.00. The maximum Gasteiger partial charge on any atom is 0.322 e. The van der Waals surface area contributed by atoms with Crippen LogP contribution < -0.4 is 16.6 Å². The lowest BCUT2D eigenvalue weighted by Gasteiger charge is -2.18. The van der Waals surface area contributed by atoms with Crippen LogP contribution in [0.1, 0.15) is 25.7 Å². The predicted molar refractivity (Wildman–Crippen MR) is 62.5 cm³/mol. The Hall–Kier alpha value is -2.00. The van der Waals surface area contributed by atoms with Gasteiger partial charge in [0.15, 0.2) is 6.29 Å². The highest BCUT2D eigenvalue weighted by molar-refractivity contribution is 5.77. The number of nitrogens with one attached hydrogen (secondary N) is 2. The minimum absolute atomic E-state index is 0.0337. The summed E-state index contributed by atoms with van der Waals surface area (Å²) < 4.78 is 0. The molecule has 19 heavy (non-hydrogen) atoms. The molecule has 0 rings (SSSR count). The Labute approximate surface area is 109 Å². The van der Waals surface area contributed by atoms with Gasteiger partial charge < -0.3 is 15.9 Å². The highest BCUT2D eigenvalue weighted by Gasteiger charge is 2.22. The monoisotopic (exact) mass is 274 g/mol. The number of rotatable bonds is 11. The lowest BCUT2D eigenvalue weighted by molar-refractivity contribution is -0.143. The van der Waals surface area contributed by atoms with Crippen LogP contribution in [0.2, 0.25) is 0 Å². The predicted octanol–water partition coefficient (Wildman–Crippen LogP) is -1.86. The van der Waals surface area contributed by atoms with Crippen molar-refractivity contribution in [2.45, 2.75) is 37.8 Å². The average molecular weight is 274 g/mol. The standard InChI is InChI=1S/C10H16N3O6/c11-8(15)4-3-7(10(18)19)13-12-6(9(16)17)2-1-5-14/h6-7,12-13H,1-4H2,(H2,11,15)(H,16,17)(H,18,19)/t6-,7-/m0/s1. The van der Waals surface area contributed by atoms with Crippen LogP contribution in [0.15, 0.2) is 0 Å². The summed E-state index contributed by atoms with van der Waals surface area (Å²) in [5.41, 5.74) is 9.49. The normalized spacial score (nSPS) is 13.5. The van der Waals surface area contributed by atoms with Crippen LogP contribution in [0, 0.1) is 0 Å². The van der Waals surface area contributed by atoms with Gasteiger partial charge in [-0.05, 0) is 12.8 Å². The number of hydrogen-bond acceptors (Lipinski definition) is 6. The second-order valence-electron chi connectivity index (χ2n) is 3.76. The average Bonchev–Trinajstić information content (AvgIpc) is 2.31. The number of carbonyl (C=O) groups is 3. The van der Waals surface area contributed by atoms with Gasteiger partial charge >= 0.3 is 11.9 Å². The molecule has 0 unspecified atom stereocenters. The zero-order chi connectivity index (χ0) is 14.8. The summed E-state index contributed by atoms with van der Waals surface area (Å²) in [7, 11) is 0. The molecule has 0 heterocycles. The fourth-order valence-electron chi connectivity index (χ4n) is 1.21. The van der Waals surface area contributed by atoms with E-state index in [1.807, 2.05) is 0 Å². The van der Waals surface area contributed by atoms with E-state index >= 15 is 0 Å². The number of hydrazine groups is 1. The van der Waals surface area contributed by atoms with Crippen molar-refractivity contribution < 1.29 is 29.4 Å². The third-order valence-electron chi connectivity index (χ3n) is 2.24. The topological polar surface area (TPSA) is 159 Å². The van der Waals surface area contributed by atoms with Crippen LogP contribution in [-0.2, 0) is 19.2 Å². The van der Waals surface area contributed by atoms with Gasteiger partial charge in [-0.2, -0.15) is 0 Å². The third-order valence-corrected chi connectivity index (χ3v) is 2.24. The Balaban J connectivity index is 4.33. The first-order chi connectivity index (χ1) is 8.88. The highest BCUT2D eigenvalue weighted by atomic mass is 16.4. The molecule has 6 N–H and O–H groups in total. The minimum atomic E-state index is -1.25. The van der Waals surface area contributed by atoms with E-state index in [0.29, 0.717) is 0 Å². The van der Waals surface area contributed by atoms with Crippen LogP contribution in [0.5, 0.6) is 0 Å². The lowest BCUT2D eigenvalue weighted by Crippen LogP contribution is -2.52. The zero-order valence-electron chi connectivity index (χ0n) is 10.1. The molecule has 0 saturated carbocycles. The molecule has 0 aromatic rings. The zero-order valence-corrected chi connectivity index (χ0v) is 10.1. The number of carboxylic acids is 2. The van der Waals surface area contributed by atoms with Crippen molar-refractivity contribution in [2.75, 3.05) is 0 Å². The molecule has 0 aliphatic heterocycles. The smallest absolute Gasteiger partial charge is 0.322 e. The van der Waals surface area contributed by atoms with E-state index < -0.39 is 29.9 Å². The van der Waals surface area contributed by atoms with Crippen LogP contribution in [0.4, 0.5) is 0 Å². The van der Waals surface area contributed by atoms with Crippen LogP contribution in [0.3, 0.4) is 0 Å². The molecule has 2 atom stereocenters. The molecule has 1 amide bonds. The number of carbonyl (C=O) groups excluding carboxylic acids is 2. The Morgan fingerprint density at radius 1 is 1.05 bits per heavy atom. The molecule has 1 radical (unpaired) electrons. The molecule has 0 bridgehead atoms. The third kappa shape index (κ3) is 7.84. The quantitative estimate of drug-likeness (QED) is 0.274. The van der Waals surface area contributed by atoms with Gasteiger partial charge in [-0.3, -0.25) is 19.2 Å². The maximum atomic E-state index is 10.8. The van der Waals surface area contributed by atoms with Gasteiger partial charge in [-0.1, -0.05) is 0 Å². The molecule has 0 aromatic heterocycles. The van der Waals surface area contributed by atoms with Crippen molar-refractivity contribution in [3.8, 4) is 0 Å². The molecule has 9 heteroatoms. The van der Waals surface area contributed by atoms with Gasteiger partial charge in [0.05, 0.1) is 0 Å². The van der Waals surface area contributed by atoms with E-state index in [1.165, 1.54) is 0 Å². The summed E-state index contributed by atoms with van der Waals surface area (Å²) in [6, 6.07) is -2.29. The van der Waals surface area contributed by atoms with Crippen molar-refractivity contribution in [1.82, 2.24) is 10.9 Å². The number of hydrogen-bond donors (Lipinski definition) is 5. The Bertz CT molecular complexity index is 346. The molecule has 0 spiro atoms. The summed E-state index contributed by atoms with van der Waals surface area (Å²) in [5.74, 6) is -3.14. The van der Waals surface area contributed by atoms with Crippen molar-refractivity contribution in [3.63, 3.8) is 0 Å². The van der Waals surface area contributed by atoms with Crippen molar-refractivity contribution >= 4 is 24.1 Å². The van der Waals surface area contributed by atoms with Gasteiger partial charge in [0.2, 0.25) is 5.91 Å². The summed E-state index contributed by atoms with van der Waals surface area (Å²) in [4.78, 5) is 42.2. The van der Waals surface area contributed by atoms with Crippen molar-refractivity contribution in [3.05, 3.63) is 0 Å². The molecule has 9 nitrogen and oxygen atoms in total. The lowest BCUT2D eigenvalue weighted by atomic mass is 10.1. The van der Waals surface area contributed by atoms with E-state index in [4.69, 9.17) is 15.9 Å². The first kappa shape index (κ1) is 17.0.